The highest BCUT2D eigenvalue weighted by Crippen LogP contribution is 2.76. The molecular formula is C48H42N5O4P3+2. The van der Waals surface area contributed by atoms with Crippen molar-refractivity contribution in [3.63, 3.8) is 0 Å². The zero-order chi connectivity index (χ0) is 40.8. The Morgan fingerprint density at radius 3 is 0.867 bits per heavy atom. The van der Waals surface area contributed by atoms with Crippen LogP contribution in [0.2, 0.25) is 0 Å². The van der Waals surface area contributed by atoms with Gasteiger partial charge in [0, 0.05) is 0 Å². The molecule has 0 saturated carbocycles. The van der Waals surface area contributed by atoms with Crippen molar-refractivity contribution >= 4 is 23.5 Å². The molecule has 0 amide bonds. The molecule has 0 saturated heterocycles. The molecule has 0 atom stereocenters. The molecule has 0 fully saturated rings. The second kappa shape index (κ2) is 17.2. The summed E-state index contributed by atoms with van der Waals surface area (Å²) in [6, 6.07) is 71.6. The molecule has 1 aliphatic rings. The van der Waals surface area contributed by atoms with Crippen LogP contribution in [0.15, 0.2) is 223 Å². The molecule has 9 nitrogen and oxygen atoms in total. The highest BCUT2D eigenvalue weighted by molar-refractivity contribution is 7.90. The molecule has 0 spiro atoms. The lowest BCUT2D eigenvalue weighted by molar-refractivity contribution is 0.421. The Balaban J connectivity index is 1.12. The summed E-state index contributed by atoms with van der Waals surface area (Å²) in [6.07, 6.45) is 0. The number of hydrogen-bond acceptors (Lipinski definition) is 9. The van der Waals surface area contributed by atoms with E-state index >= 15 is 0 Å². The van der Waals surface area contributed by atoms with Gasteiger partial charge in [0.25, 0.3) is 0 Å². The largest absolute Gasteiger partial charge is 0.613 e. The minimum absolute atomic E-state index is 0.486. The summed E-state index contributed by atoms with van der Waals surface area (Å²) in [5, 5.41) is 0. The number of nitrogens with two attached hydrogens (primary N) is 2. The lowest BCUT2D eigenvalue weighted by atomic mass is 10.1. The van der Waals surface area contributed by atoms with E-state index in [0.717, 1.165) is 44.5 Å². The van der Waals surface area contributed by atoms with Crippen LogP contribution >= 0.6 is 23.5 Å². The SMILES string of the molecule is NP1(N)=N[P+](Oc2ccc(-c3ccccc3)cc2)(Oc2ccc(-c3ccccc3)cc2)N[P+](Oc2ccc(-c3ccccc3)cc2)(Oc2ccc(-c3ccccc3)cc2)N1. The summed E-state index contributed by atoms with van der Waals surface area (Å²) >= 11 is 0. The summed E-state index contributed by atoms with van der Waals surface area (Å²) in [5.74, 6) is 1.98. The average molecular weight is 846 g/mol. The van der Waals surface area contributed by atoms with Crippen molar-refractivity contribution in [2.75, 3.05) is 0 Å². The zero-order valence-corrected chi connectivity index (χ0v) is 35.0. The van der Waals surface area contributed by atoms with Crippen LogP contribution in [-0.2, 0) is 0 Å². The van der Waals surface area contributed by atoms with Crippen LogP contribution < -0.4 is 38.8 Å². The second-order valence-electron chi connectivity index (χ2n) is 14.0. The molecule has 8 aromatic rings. The fraction of sp³-hybridized carbons (Fsp3) is 0. The summed E-state index contributed by atoms with van der Waals surface area (Å²) in [7, 11) is -10.8. The Morgan fingerprint density at radius 2 is 0.583 bits per heavy atom. The highest BCUT2D eigenvalue weighted by atomic mass is 31.3. The molecule has 60 heavy (non-hydrogen) atoms. The smallest absolute Gasteiger partial charge is 0.270 e. The molecule has 0 aliphatic carbocycles. The zero-order valence-electron chi connectivity index (χ0n) is 32.4. The average Bonchev–Trinajstić information content (AvgIpc) is 3.28. The van der Waals surface area contributed by atoms with Gasteiger partial charge in [-0.1, -0.05) is 170 Å². The lowest BCUT2D eigenvalue weighted by Crippen LogP contribution is -2.42. The van der Waals surface area contributed by atoms with Crippen molar-refractivity contribution in [1.82, 2.24) is 9.72 Å². The fourth-order valence-corrected chi connectivity index (χ4v) is 16.0. The second-order valence-corrected chi connectivity index (χ2v) is 20.7. The van der Waals surface area contributed by atoms with Gasteiger partial charge in [0.1, 0.15) is 4.86 Å². The summed E-state index contributed by atoms with van der Waals surface area (Å²) < 4.78 is 32.6. The predicted octanol–water partition coefficient (Wildman–Crippen LogP) is 13.4. The van der Waals surface area contributed by atoms with Gasteiger partial charge in [0.15, 0.2) is 23.0 Å². The summed E-state index contributed by atoms with van der Waals surface area (Å²) in [5.41, 5.74) is 22.3. The minimum Gasteiger partial charge on any atom is -0.270 e. The van der Waals surface area contributed by atoms with Gasteiger partial charge in [-0.3, -0.25) is 29.1 Å². The molecule has 12 heteroatoms. The quantitative estimate of drug-likeness (QED) is 0.0896. The van der Waals surface area contributed by atoms with E-state index in [-0.39, 0.29) is 0 Å². The predicted molar refractivity (Wildman–Crippen MR) is 248 cm³/mol. The molecule has 0 aromatic heterocycles. The van der Waals surface area contributed by atoms with Gasteiger partial charge in [-0.05, 0) is 102 Å². The Labute approximate surface area is 351 Å². The normalized spacial score (nSPS) is 14.9. The Morgan fingerprint density at radius 1 is 0.333 bits per heavy atom. The maximum atomic E-state index is 6.95. The number of hydrogen-bond donors (Lipinski definition) is 4. The third-order valence-electron chi connectivity index (χ3n) is 9.59. The number of nitrogens with zero attached hydrogens (tertiary/aromatic N) is 1. The van der Waals surface area contributed by atoms with Gasteiger partial charge in [-0.25, -0.2) is 0 Å². The number of benzene rings is 8. The first-order chi connectivity index (χ1) is 29.3. The molecule has 1 heterocycles. The Bertz CT molecular complexity index is 2540. The van der Waals surface area contributed by atoms with Crippen molar-refractivity contribution in [2.24, 2.45) is 15.5 Å². The van der Waals surface area contributed by atoms with E-state index in [1.54, 1.807) is 0 Å². The number of rotatable bonds is 12. The van der Waals surface area contributed by atoms with Gasteiger partial charge in [-0.15, -0.1) is 0 Å². The van der Waals surface area contributed by atoms with Gasteiger partial charge in [-0.2, -0.15) is 0 Å². The van der Waals surface area contributed by atoms with Crippen molar-refractivity contribution < 1.29 is 18.1 Å². The van der Waals surface area contributed by atoms with Gasteiger partial charge in [0.2, 0.25) is 7.51 Å². The molecule has 8 aromatic carbocycles. The standard InChI is InChI=1S/C48H42N5O4P3/c49-58(50)51-59(54-45-29-21-41(22-30-45)37-13-5-1-6-14-37,55-46-31-23-42(24-32-46)38-15-7-2-8-16-38)53-60(52-58,56-47-33-25-43(26-34-47)39-17-9-3-10-18-39)57-48-35-27-44(28-36-48)40-19-11-4-12-20-40/h1-36,51,53H,49-50H2/q+2. The van der Waals surface area contributed by atoms with Crippen LogP contribution in [0.5, 0.6) is 23.0 Å². The molecular weight excluding hydrogens is 803 g/mol. The van der Waals surface area contributed by atoms with Gasteiger partial charge >= 0.3 is 16.0 Å². The van der Waals surface area contributed by atoms with Crippen molar-refractivity contribution in [1.29, 1.82) is 0 Å². The van der Waals surface area contributed by atoms with Gasteiger partial charge in [0.05, 0.1) is 0 Å². The summed E-state index contributed by atoms with van der Waals surface area (Å²) in [6.45, 7) is 0. The van der Waals surface area contributed by atoms with E-state index < -0.39 is 23.5 Å². The van der Waals surface area contributed by atoms with E-state index in [1.165, 1.54) is 0 Å². The molecule has 0 radical (unpaired) electrons. The maximum Gasteiger partial charge on any atom is 0.613 e. The van der Waals surface area contributed by atoms with Crippen molar-refractivity contribution in [3.05, 3.63) is 218 Å². The number of nitrogens with one attached hydrogen (secondary N) is 2. The highest BCUT2D eigenvalue weighted by Gasteiger charge is 2.71. The van der Waals surface area contributed by atoms with Gasteiger partial charge < -0.3 is 0 Å². The Hall–Kier alpha value is -6.11. The van der Waals surface area contributed by atoms with Crippen LogP contribution in [-0.4, -0.2) is 0 Å². The maximum absolute atomic E-state index is 6.95. The molecule has 6 N–H and O–H groups in total. The van der Waals surface area contributed by atoms with E-state index in [0.29, 0.717) is 23.0 Å². The van der Waals surface area contributed by atoms with Crippen LogP contribution in [0.25, 0.3) is 44.5 Å². The fourth-order valence-electron chi connectivity index (χ4n) is 6.77. The van der Waals surface area contributed by atoms with Crippen LogP contribution in [0.3, 0.4) is 0 Å². The molecule has 0 unspecified atom stereocenters. The third kappa shape index (κ3) is 9.35. The third-order valence-corrected chi connectivity index (χ3v) is 18.0. The monoisotopic (exact) mass is 845 g/mol. The first-order valence-corrected chi connectivity index (χ1v) is 24.4. The summed E-state index contributed by atoms with van der Waals surface area (Å²) in [4.78, 5) is 6.85. The molecule has 296 valence electrons. The van der Waals surface area contributed by atoms with Crippen molar-refractivity contribution in [3.8, 4) is 67.5 Å². The van der Waals surface area contributed by atoms with Crippen LogP contribution in [0, 0.1) is 0 Å². The van der Waals surface area contributed by atoms with E-state index in [1.807, 2.05) is 170 Å². The molecule has 1 aliphatic heterocycles. The Kier molecular flexibility index (Phi) is 11.3. The van der Waals surface area contributed by atoms with E-state index in [9.17, 15) is 0 Å². The van der Waals surface area contributed by atoms with Crippen LogP contribution in [0.1, 0.15) is 0 Å². The molecule has 0 bridgehead atoms. The van der Waals surface area contributed by atoms with Crippen molar-refractivity contribution in [2.45, 2.75) is 0 Å². The minimum atomic E-state index is -3.73. The van der Waals surface area contributed by atoms with Crippen LogP contribution in [0.4, 0.5) is 0 Å². The topological polar surface area (TPSA) is 125 Å². The lowest BCUT2D eigenvalue weighted by Gasteiger charge is -2.32. The first kappa shape index (κ1) is 39.4. The first-order valence-electron chi connectivity index (χ1n) is 19.3. The van der Waals surface area contributed by atoms with E-state index in [2.05, 4.69) is 58.2 Å². The van der Waals surface area contributed by atoms with E-state index in [4.69, 9.17) is 33.6 Å². The molecule has 9 rings (SSSR count).